The molecular weight excluding hydrogens is 593 g/mol. The molecule has 2 rings (SSSR count). The molecule has 37 heavy (non-hydrogen) atoms. The molecule has 1 fully saturated rings. The van der Waals surface area contributed by atoms with E-state index in [4.69, 9.17) is 28.9 Å². The van der Waals surface area contributed by atoms with Crippen molar-refractivity contribution < 1.29 is 38.6 Å². The van der Waals surface area contributed by atoms with E-state index in [-0.39, 0.29) is 37.9 Å². The zero-order chi connectivity index (χ0) is 27.1. The van der Waals surface area contributed by atoms with Crippen LogP contribution in [0.25, 0.3) is 0 Å². The van der Waals surface area contributed by atoms with Crippen LogP contribution in [-0.4, -0.2) is 109 Å². The standard InChI is InChI=1S/C20H34Cl2N4O8P2.ClH/c21-6-9-25(10-7-22)17-3-1-16(2-4-17)15-18(23)19(27)26-13-11-24(12-14-26)8-5-20(28,35(29,30)31)36(32,33)34;/h1-4,18,28H,5-15,23H2,(H2,29,30,31)(H2,32,33,34);1H/t18-;/m0./s1. The molecule has 1 atom stereocenters. The van der Waals surface area contributed by atoms with Gasteiger partial charge in [0.05, 0.1) is 6.04 Å². The molecule has 1 aromatic carbocycles. The number of nitrogens with two attached hydrogens (primary N) is 1. The number of anilines is 1. The van der Waals surface area contributed by atoms with Gasteiger partial charge in [-0.15, -0.1) is 35.6 Å². The highest BCUT2D eigenvalue weighted by atomic mass is 35.5. The maximum absolute atomic E-state index is 12.8. The van der Waals surface area contributed by atoms with Crippen LogP contribution in [0.5, 0.6) is 0 Å². The summed E-state index contributed by atoms with van der Waals surface area (Å²) >= 11 is 11.7. The number of hydrogen-bond donors (Lipinski definition) is 6. The van der Waals surface area contributed by atoms with Crippen molar-refractivity contribution in [2.75, 3.05) is 62.5 Å². The third-order valence-electron chi connectivity index (χ3n) is 6.16. The first-order chi connectivity index (χ1) is 16.7. The van der Waals surface area contributed by atoms with E-state index < -0.39 is 32.7 Å². The van der Waals surface area contributed by atoms with E-state index in [2.05, 4.69) is 4.90 Å². The van der Waals surface area contributed by atoms with E-state index in [0.717, 1.165) is 11.3 Å². The number of aliphatic hydroxyl groups is 1. The lowest BCUT2D eigenvalue weighted by Gasteiger charge is -2.37. The van der Waals surface area contributed by atoms with Crippen molar-refractivity contribution in [1.29, 1.82) is 0 Å². The molecular formula is C20H35Cl3N4O8P2. The first-order valence-electron chi connectivity index (χ1n) is 11.3. The smallest absolute Gasteiger partial charge is 0.369 e. The molecule has 0 spiro atoms. The van der Waals surface area contributed by atoms with Crippen molar-refractivity contribution >= 4 is 62.4 Å². The van der Waals surface area contributed by atoms with Crippen LogP contribution >= 0.6 is 50.8 Å². The lowest BCUT2D eigenvalue weighted by atomic mass is 10.0. The normalized spacial score (nSPS) is 16.3. The Morgan fingerprint density at radius 1 is 1.00 bits per heavy atom. The molecule has 17 heteroatoms. The predicted octanol–water partition coefficient (Wildman–Crippen LogP) is 0.798. The van der Waals surface area contributed by atoms with Gasteiger partial charge in [-0.2, -0.15) is 0 Å². The second kappa shape index (κ2) is 14.8. The third kappa shape index (κ3) is 9.31. The molecule has 7 N–H and O–H groups in total. The Balaban J connectivity index is 0.00000684. The number of piperazine rings is 1. The summed E-state index contributed by atoms with van der Waals surface area (Å²) < 4.78 is 23.0. The Kier molecular flexibility index (Phi) is 13.8. The van der Waals surface area contributed by atoms with Crippen LogP contribution in [0, 0.1) is 0 Å². The molecule has 1 aromatic rings. The van der Waals surface area contributed by atoms with Crippen molar-refractivity contribution in [1.82, 2.24) is 9.80 Å². The van der Waals surface area contributed by atoms with E-state index in [9.17, 15) is 38.6 Å². The van der Waals surface area contributed by atoms with Gasteiger partial charge in [0.2, 0.25) is 5.91 Å². The van der Waals surface area contributed by atoms with Crippen LogP contribution in [-0.2, 0) is 20.3 Å². The number of carbonyl (C=O) groups is 1. The number of halogens is 3. The largest absolute Gasteiger partial charge is 0.369 e. The summed E-state index contributed by atoms with van der Waals surface area (Å²) in [5.41, 5.74) is 8.03. The van der Waals surface area contributed by atoms with Crippen molar-refractivity contribution in [3.8, 4) is 0 Å². The Hall–Kier alpha value is -0.460. The molecule has 0 bridgehead atoms. The molecule has 1 saturated heterocycles. The summed E-state index contributed by atoms with van der Waals surface area (Å²) in [5, 5.41) is 6.57. The Labute approximate surface area is 232 Å². The van der Waals surface area contributed by atoms with E-state index in [0.29, 0.717) is 44.4 Å². The van der Waals surface area contributed by atoms with Crippen LogP contribution in [0.2, 0.25) is 0 Å². The van der Waals surface area contributed by atoms with Crippen LogP contribution < -0.4 is 10.6 Å². The summed E-state index contributed by atoms with van der Waals surface area (Å²) in [6.07, 6.45) is -0.486. The highest BCUT2D eigenvalue weighted by Gasteiger charge is 2.59. The lowest BCUT2D eigenvalue weighted by Crippen LogP contribution is -2.54. The minimum absolute atomic E-state index is 0. The number of hydrogen-bond acceptors (Lipinski definition) is 7. The lowest BCUT2D eigenvalue weighted by molar-refractivity contribution is -0.134. The average molecular weight is 628 g/mol. The number of amides is 1. The molecule has 12 nitrogen and oxygen atoms in total. The van der Waals surface area contributed by atoms with Gasteiger partial charge in [-0.25, -0.2) is 0 Å². The summed E-state index contributed by atoms with van der Waals surface area (Å²) in [5.74, 6) is 0.700. The Morgan fingerprint density at radius 3 is 1.92 bits per heavy atom. The molecule has 0 aromatic heterocycles. The predicted molar refractivity (Wildman–Crippen MR) is 146 cm³/mol. The van der Waals surface area contributed by atoms with E-state index in [1.807, 2.05) is 24.3 Å². The van der Waals surface area contributed by atoms with Gasteiger partial charge in [0.1, 0.15) is 0 Å². The zero-order valence-corrected chi connectivity index (χ0v) is 24.2. The SMILES string of the molecule is Cl.N[C@@H](Cc1ccc(N(CCCl)CCCl)cc1)C(=O)N1CCN(CCC(O)(P(=O)(O)O)P(=O)(O)O)CC1. The number of rotatable bonds is 13. The van der Waals surface area contributed by atoms with Gasteiger partial charge < -0.3 is 40.2 Å². The van der Waals surface area contributed by atoms with Gasteiger partial charge in [-0.1, -0.05) is 12.1 Å². The van der Waals surface area contributed by atoms with E-state index >= 15 is 0 Å². The summed E-state index contributed by atoms with van der Waals surface area (Å²) in [4.78, 5) is 55.2. The third-order valence-corrected chi connectivity index (χ3v) is 10.4. The van der Waals surface area contributed by atoms with Crippen LogP contribution in [0.1, 0.15) is 12.0 Å². The molecule has 1 aliphatic heterocycles. The molecule has 0 saturated carbocycles. The van der Waals surface area contributed by atoms with Gasteiger partial charge in [0, 0.05) is 69.7 Å². The summed E-state index contributed by atoms with van der Waals surface area (Å²) in [6.45, 7) is 2.30. The van der Waals surface area contributed by atoms with Gasteiger partial charge in [0.15, 0.2) is 0 Å². The van der Waals surface area contributed by atoms with E-state index in [1.165, 1.54) is 0 Å². The molecule has 0 aliphatic carbocycles. The maximum Gasteiger partial charge on any atom is 0.369 e. The second-order valence-corrected chi connectivity index (χ2v) is 13.4. The second-order valence-electron chi connectivity index (χ2n) is 8.62. The van der Waals surface area contributed by atoms with Crippen molar-refractivity contribution in [3.05, 3.63) is 29.8 Å². The fraction of sp³-hybridized carbons (Fsp3) is 0.650. The van der Waals surface area contributed by atoms with Gasteiger partial charge in [-0.3, -0.25) is 18.8 Å². The summed E-state index contributed by atoms with van der Waals surface area (Å²) in [7, 11) is -11.0. The quantitative estimate of drug-likeness (QED) is 0.134. The first-order valence-corrected chi connectivity index (χ1v) is 15.6. The van der Waals surface area contributed by atoms with Gasteiger partial charge in [0.25, 0.3) is 5.08 Å². The zero-order valence-electron chi connectivity index (χ0n) is 20.1. The highest BCUT2D eigenvalue weighted by molar-refractivity contribution is 7.72. The molecule has 214 valence electrons. The van der Waals surface area contributed by atoms with Crippen LogP contribution in [0.15, 0.2) is 24.3 Å². The van der Waals surface area contributed by atoms with Crippen LogP contribution in [0.4, 0.5) is 5.69 Å². The van der Waals surface area contributed by atoms with Gasteiger partial charge in [-0.05, 0) is 24.1 Å². The topological polar surface area (TPSA) is 188 Å². The average Bonchev–Trinajstić information content (AvgIpc) is 2.81. The number of nitrogens with zero attached hydrogens (tertiary/aromatic N) is 3. The molecule has 1 amide bonds. The first kappa shape index (κ1) is 34.6. The highest BCUT2D eigenvalue weighted by Crippen LogP contribution is 2.68. The molecule has 1 aliphatic rings. The molecule has 0 radical (unpaired) electrons. The van der Waals surface area contributed by atoms with E-state index in [1.54, 1.807) is 9.80 Å². The van der Waals surface area contributed by atoms with Gasteiger partial charge >= 0.3 is 15.2 Å². The summed E-state index contributed by atoms with van der Waals surface area (Å²) in [6, 6.07) is 6.90. The number of alkyl halides is 2. The molecule has 1 heterocycles. The van der Waals surface area contributed by atoms with Crippen molar-refractivity contribution in [2.45, 2.75) is 24.0 Å². The Bertz CT molecular complexity index is 929. The molecule has 0 unspecified atom stereocenters. The van der Waals surface area contributed by atoms with Crippen LogP contribution in [0.3, 0.4) is 0 Å². The van der Waals surface area contributed by atoms with Crippen molar-refractivity contribution in [2.24, 2.45) is 5.73 Å². The fourth-order valence-corrected chi connectivity index (χ4v) is 6.50. The minimum Gasteiger partial charge on any atom is -0.369 e. The number of carbonyl (C=O) groups excluding carboxylic acids is 1. The minimum atomic E-state index is -5.50. The number of benzene rings is 1. The Morgan fingerprint density at radius 2 is 1.49 bits per heavy atom. The maximum atomic E-state index is 12.8. The monoisotopic (exact) mass is 626 g/mol. The van der Waals surface area contributed by atoms with Crippen molar-refractivity contribution in [3.63, 3.8) is 0 Å². The fourth-order valence-electron chi connectivity index (χ4n) is 3.95.